The molecule has 0 aliphatic carbocycles. The largest absolute Gasteiger partial charge is 0.489 e. The molecule has 0 atom stereocenters. The number of rotatable bonds is 3. The molecule has 2 rings (SSSR count). The second-order valence-electron chi connectivity index (χ2n) is 3.53. The lowest BCUT2D eigenvalue weighted by atomic mass is 10.2. The summed E-state index contributed by atoms with van der Waals surface area (Å²) < 4.78 is 19.1. The van der Waals surface area contributed by atoms with Gasteiger partial charge in [-0.15, -0.1) is 0 Å². The lowest BCUT2D eigenvalue weighted by molar-refractivity contribution is 0.304. The van der Waals surface area contributed by atoms with Gasteiger partial charge < -0.3 is 4.74 Å². The molecule has 0 radical (unpaired) electrons. The van der Waals surface area contributed by atoms with E-state index in [0.717, 1.165) is 5.56 Å². The number of pyridine rings is 1. The van der Waals surface area contributed by atoms with Gasteiger partial charge in [-0.1, -0.05) is 0 Å². The lowest BCUT2D eigenvalue weighted by Crippen LogP contribution is -1.97. The molecular formula is C13H8BrFN2O. The van der Waals surface area contributed by atoms with Crippen LogP contribution in [0.1, 0.15) is 11.3 Å². The van der Waals surface area contributed by atoms with E-state index in [0.29, 0.717) is 15.9 Å². The fraction of sp³-hybridized carbons (Fsp3) is 0.0769. The van der Waals surface area contributed by atoms with Gasteiger partial charge in [0.15, 0.2) is 0 Å². The first kappa shape index (κ1) is 12.5. The molecule has 5 heteroatoms. The minimum Gasteiger partial charge on any atom is -0.489 e. The van der Waals surface area contributed by atoms with E-state index in [1.807, 2.05) is 6.07 Å². The number of nitrogens with zero attached hydrogens (tertiary/aromatic N) is 2. The van der Waals surface area contributed by atoms with E-state index in [9.17, 15) is 4.39 Å². The highest BCUT2D eigenvalue weighted by Gasteiger charge is 2.02. The zero-order valence-corrected chi connectivity index (χ0v) is 10.8. The summed E-state index contributed by atoms with van der Waals surface area (Å²) in [5.74, 6) is 0.0611. The van der Waals surface area contributed by atoms with E-state index >= 15 is 0 Å². The average molecular weight is 307 g/mol. The van der Waals surface area contributed by atoms with Crippen molar-refractivity contribution >= 4 is 15.9 Å². The number of aromatic nitrogens is 1. The third-order valence-corrected chi connectivity index (χ3v) is 2.88. The summed E-state index contributed by atoms with van der Waals surface area (Å²) in [5, 5.41) is 8.71. The van der Waals surface area contributed by atoms with Crippen LogP contribution >= 0.6 is 15.9 Å². The van der Waals surface area contributed by atoms with Crippen LogP contribution in [-0.4, -0.2) is 4.98 Å². The van der Waals surface area contributed by atoms with E-state index in [-0.39, 0.29) is 12.4 Å². The molecule has 0 saturated heterocycles. The van der Waals surface area contributed by atoms with Gasteiger partial charge in [-0.3, -0.25) is 0 Å². The van der Waals surface area contributed by atoms with Crippen LogP contribution in [0.2, 0.25) is 0 Å². The van der Waals surface area contributed by atoms with Crippen LogP contribution in [0.5, 0.6) is 5.75 Å². The predicted molar refractivity (Wildman–Crippen MR) is 67.4 cm³/mol. The Morgan fingerprint density at radius 1 is 1.33 bits per heavy atom. The molecule has 0 saturated carbocycles. The minimum atomic E-state index is -0.375. The van der Waals surface area contributed by atoms with E-state index in [1.165, 1.54) is 6.07 Å². The Bertz CT molecular complexity index is 610. The summed E-state index contributed by atoms with van der Waals surface area (Å²) in [6.07, 6.45) is 1.54. The molecule has 0 spiro atoms. The average Bonchev–Trinajstić information content (AvgIpc) is 2.40. The summed E-state index contributed by atoms with van der Waals surface area (Å²) in [6.45, 7) is 0.262. The highest BCUT2D eigenvalue weighted by atomic mass is 79.9. The van der Waals surface area contributed by atoms with Crippen molar-refractivity contribution in [3.63, 3.8) is 0 Å². The van der Waals surface area contributed by atoms with Gasteiger partial charge in [0.25, 0.3) is 0 Å². The quantitative estimate of drug-likeness (QED) is 0.872. The summed E-state index contributed by atoms with van der Waals surface area (Å²) in [4.78, 5) is 3.86. The second-order valence-corrected chi connectivity index (χ2v) is 4.38. The first-order valence-corrected chi connectivity index (χ1v) is 5.91. The fourth-order valence-electron chi connectivity index (χ4n) is 1.36. The standard InChI is InChI=1S/C13H8BrFN2O/c14-12-2-1-11(6-13(12)15)18-8-9-3-4-17-10(5-9)7-16/h1-6H,8H2. The number of hydrogen-bond acceptors (Lipinski definition) is 3. The third-order valence-electron chi connectivity index (χ3n) is 2.24. The Hall–Kier alpha value is -1.93. The number of ether oxygens (including phenoxy) is 1. The molecule has 18 heavy (non-hydrogen) atoms. The number of hydrogen-bond donors (Lipinski definition) is 0. The van der Waals surface area contributed by atoms with Crippen molar-refractivity contribution in [3.8, 4) is 11.8 Å². The van der Waals surface area contributed by atoms with Gasteiger partial charge in [0.05, 0.1) is 4.47 Å². The maximum absolute atomic E-state index is 13.2. The molecule has 0 aliphatic rings. The topological polar surface area (TPSA) is 45.9 Å². The van der Waals surface area contributed by atoms with Crippen LogP contribution in [0.25, 0.3) is 0 Å². The Morgan fingerprint density at radius 2 is 2.17 bits per heavy atom. The van der Waals surface area contributed by atoms with Crippen LogP contribution in [0.15, 0.2) is 41.0 Å². The zero-order chi connectivity index (χ0) is 13.0. The van der Waals surface area contributed by atoms with E-state index in [1.54, 1.807) is 30.5 Å². The van der Waals surface area contributed by atoms with Crippen molar-refractivity contribution in [2.24, 2.45) is 0 Å². The minimum absolute atomic E-state index is 0.262. The molecule has 1 aromatic heterocycles. The Labute approximate surface area is 112 Å². The molecule has 0 bridgehead atoms. The fourth-order valence-corrected chi connectivity index (χ4v) is 1.61. The van der Waals surface area contributed by atoms with Crippen LogP contribution in [0.3, 0.4) is 0 Å². The summed E-state index contributed by atoms with van der Waals surface area (Å²) in [6, 6.07) is 9.88. The molecule has 2 aromatic rings. The van der Waals surface area contributed by atoms with Gasteiger partial charge in [-0.05, 0) is 45.8 Å². The maximum Gasteiger partial charge on any atom is 0.141 e. The molecule has 0 fully saturated rings. The second kappa shape index (κ2) is 5.61. The molecule has 0 aliphatic heterocycles. The monoisotopic (exact) mass is 306 g/mol. The zero-order valence-electron chi connectivity index (χ0n) is 9.23. The molecule has 1 aromatic carbocycles. The first-order chi connectivity index (χ1) is 8.69. The lowest BCUT2D eigenvalue weighted by Gasteiger charge is -2.06. The van der Waals surface area contributed by atoms with Gasteiger partial charge in [0.1, 0.15) is 29.9 Å². The van der Waals surface area contributed by atoms with Crippen molar-refractivity contribution in [1.29, 1.82) is 5.26 Å². The molecule has 0 amide bonds. The van der Waals surface area contributed by atoms with Crippen molar-refractivity contribution in [2.45, 2.75) is 6.61 Å². The van der Waals surface area contributed by atoms with Gasteiger partial charge >= 0.3 is 0 Å². The molecule has 0 unspecified atom stereocenters. The van der Waals surface area contributed by atoms with Crippen LogP contribution in [0, 0.1) is 17.1 Å². The Morgan fingerprint density at radius 3 is 2.89 bits per heavy atom. The SMILES string of the molecule is N#Cc1cc(COc2ccc(Br)c(F)c2)ccn1. The number of benzene rings is 1. The van der Waals surface area contributed by atoms with E-state index in [4.69, 9.17) is 10.00 Å². The van der Waals surface area contributed by atoms with E-state index < -0.39 is 0 Å². The van der Waals surface area contributed by atoms with Gasteiger partial charge in [0, 0.05) is 12.3 Å². The first-order valence-electron chi connectivity index (χ1n) is 5.12. The molecule has 1 heterocycles. The highest BCUT2D eigenvalue weighted by Crippen LogP contribution is 2.21. The van der Waals surface area contributed by atoms with Crippen LogP contribution < -0.4 is 4.74 Å². The van der Waals surface area contributed by atoms with Crippen LogP contribution in [0.4, 0.5) is 4.39 Å². The maximum atomic E-state index is 13.2. The van der Waals surface area contributed by atoms with E-state index in [2.05, 4.69) is 20.9 Å². The number of nitriles is 1. The Balaban J connectivity index is 2.07. The predicted octanol–water partition coefficient (Wildman–Crippen LogP) is 3.43. The highest BCUT2D eigenvalue weighted by molar-refractivity contribution is 9.10. The van der Waals surface area contributed by atoms with Gasteiger partial charge in [0.2, 0.25) is 0 Å². The summed E-state index contributed by atoms with van der Waals surface area (Å²) in [7, 11) is 0. The third kappa shape index (κ3) is 3.05. The molecule has 90 valence electrons. The molecular weight excluding hydrogens is 299 g/mol. The van der Waals surface area contributed by atoms with Crippen LogP contribution in [-0.2, 0) is 6.61 Å². The number of halogens is 2. The van der Waals surface area contributed by atoms with Crippen molar-refractivity contribution in [3.05, 3.63) is 58.1 Å². The molecule has 3 nitrogen and oxygen atoms in total. The van der Waals surface area contributed by atoms with Gasteiger partial charge in [-0.2, -0.15) is 5.26 Å². The van der Waals surface area contributed by atoms with Crippen molar-refractivity contribution < 1.29 is 9.13 Å². The van der Waals surface area contributed by atoms with Crippen molar-refractivity contribution in [1.82, 2.24) is 4.98 Å². The van der Waals surface area contributed by atoms with Gasteiger partial charge in [-0.25, -0.2) is 9.37 Å². The Kier molecular flexibility index (Phi) is 3.90. The smallest absolute Gasteiger partial charge is 0.141 e. The summed E-state index contributed by atoms with van der Waals surface area (Å²) >= 11 is 3.07. The summed E-state index contributed by atoms with van der Waals surface area (Å²) in [5.41, 5.74) is 1.14. The normalized spacial score (nSPS) is 9.83. The van der Waals surface area contributed by atoms with Crippen molar-refractivity contribution in [2.75, 3.05) is 0 Å². The molecule has 0 N–H and O–H groups in total.